The molecule has 1 N–H and O–H groups in total. The van der Waals surface area contributed by atoms with E-state index in [9.17, 15) is 13.5 Å². The van der Waals surface area contributed by atoms with Crippen molar-refractivity contribution in [3.63, 3.8) is 0 Å². The summed E-state index contributed by atoms with van der Waals surface area (Å²) in [6.07, 6.45) is 5.42. The molecule has 0 spiro atoms. The maximum absolute atomic E-state index is 12.5. The highest BCUT2D eigenvalue weighted by Gasteiger charge is 2.41. The minimum Gasteiger partial charge on any atom is -0.495 e. The van der Waals surface area contributed by atoms with Crippen LogP contribution in [-0.2, 0) is 16.6 Å². The Morgan fingerprint density at radius 2 is 1.94 bits per heavy atom. The third-order valence-corrected chi connectivity index (χ3v) is 8.87. The van der Waals surface area contributed by atoms with E-state index in [-0.39, 0.29) is 11.9 Å². The van der Waals surface area contributed by atoms with Crippen LogP contribution in [0.3, 0.4) is 0 Å². The van der Waals surface area contributed by atoms with Crippen LogP contribution in [0, 0.1) is 0 Å². The number of aromatic nitrogens is 2. The maximum Gasteiger partial charge on any atom is 0.217 e. The average molecular weight is 477 g/mol. The molecule has 1 aliphatic heterocycles. The van der Waals surface area contributed by atoms with Gasteiger partial charge >= 0.3 is 0 Å². The number of halogens is 1. The van der Waals surface area contributed by atoms with Crippen molar-refractivity contribution < 1.29 is 18.3 Å². The number of aliphatic hydroxyl groups is 1. The van der Waals surface area contributed by atoms with Gasteiger partial charge in [0.05, 0.1) is 29.7 Å². The largest absolute Gasteiger partial charge is 0.495 e. The number of methoxy groups -OCH3 is 1. The molecule has 2 fully saturated rings. The van der Waals surface area contributed by atoms with Gasteiger partial charge in [-0.1, -0.05) is 11.6 Å². The molecule has 0 atom stereocenters. The summed E-state index contributed by atoms with van der Waals surface area (Å²) in [6.45, 7) is 2.16. The van der Waals surface area contributed by atoms with Crippen LogP contribution in [0.25, 0.3) is 16.9 Å². The van der Waals surface area contributed by atoms with Gasteiger partial charge in [-0.3, -0.25) is 0 Å². The smallest absolute Gasteiger partial charge is 0.217 e. The third-order valence-electron chi connectivity index (χ3n) is 6.18. The van der Waals surface area contributed by atoms with E-state index in [4.69, 9.17) is 21.3 Å². The lowest BCUT2D eigenvalue weighted by Crippen LogP contribution is -2.49. The van der Waals surface area contributed by atoms with Gasteiger partial charge in [-0.2, -0.15) is 4.31 Å². The van der Waals surface area contributed by atoms with Crippen LogP contribution in [0.1, 0.15) is 18.4 Å². The fourth-order valence-corrected chi connectivity index (χ4v) is 6.26. The Labute approximate surface area is 192 Å². The summed E-state index contributed by atoms with van der Waals surface area (Å²) in [5, 5.41) is 10.1. The number of imidazole rings is 1. The van der Waals surface area contributed by atoms with Gasteiger partial charge in [0.2, 0.25) is 10.0 Å². The van der Waals surface area contributed by atoms with E-state index in [1.165, 1.54) is 7.11 Å². The van der Waals surface area contributed by atoms with E-state index in [1.807, 2.05) is 28.9 Å². The summed E-state index contributed by atoms with van der Waals surface area (Å²) >= 11 is 6.31. The van der Waals surface area contributed by atoms with Crippen LogP contribution in [0.15, 0.2) is 36.7 Å². The molecule has 0 unspecified atom stereocenters. The van der Waals surface area contributed by atoms with Gasteiger partial charge in [0.25, 0.3) is 0 Å². The number of ether oxygens (including phenoxy) is 1. The summed E-state index contributed by atoms with van der Waals surface area (Å²) in [7, 11) is -1.58. The van der Waals surface area contributed by atoms with Gasteiger partial charge in [0, 0.05) is 55.9 Å². The Balaban J connectivity index is 1.39. The predicted molar refractivity (Wildman–Crippen MR) is 124 cm³/mol. The number of piperazine rings is 1. The second kappa shape index (κ2) is 8.22. The van der Waals surface area contributed by atoms with Crippen molar-refractivity contribution in [3.05, 3.63) is 47.2 Å². The number of nitrogens with zero attached hydrogens (tertiary/aromatic N) is 4. The Morgan fingerprint density at radius 1 is 1.19 bits per heavy atom. The molecule has 0 amide bonds. The molecule has 32 heavy (non-hydrogen) atoms. The van der Waals surface area contributed by atoms with Crippen molar-refractivity contribution in [2.75, 3.05) is 38.2 Å². The van der Waals surface area contributed by atoms with Gasteiger partial charge < -0.3 is 19.1 Å². The van der Waals surface area contributed by atoms with E-state index in [0.717, 1.165) is 29.7 Å². The lowest BCUT2D eigenvalue weighted by Gasteiger charge is -2.35. The molecule has 1 aromatic carbocycles. The fraction of sp³-hybridized carbons (Fsp3) is 0.409. The molecule has 0 radical (unpaired) electrons. The summed E-state index contributed by atoms with van der Waals surface area (Å²) in [5.41, 5.74) is 3.91. The van der Waals surface area contributed by atoms with Crippen LogP contribution >= 0.6 is 11.6 Å². The van der Waals surface area contributed by atoms with E-state index in [0.29, 0.717) is 48.2 Å². The zero-order valence-electron chi connectivity index (χ0n) is 17.7. The Bertz CT molecular complexity index is 1260. The molecule has 5 rings (SSSR count). The normalized spacial score (nSPS) is 17.8. The van der Waals surface area contributed by atoms with Crippen LogP contribution in [-0.4, -0.2) is 65.8 Å². The van der Waals surface area contributed by atoms with Gasteiger partial charge in [0.15, 0.2) is 0 Å². The zero-order chi connectivity index (χ0) is 22.5. The lowest BCUT2D eigenvalue weighted by atomic mass is 10.1. The molecule has 1 saturated heterocycles. The molecule has 3 heterocycles. The number of pyridine rings is 1. The molecule has 10 heteroatoms. The maximum atomic E-state index is 12.5. The first kappa shape index (κ1) is 21.5. The first-order valence-electron chi connectivity index (χ1n) is 10.6. The fourth-order valence-electron chi connectivity index (χ4n) is 4.20. The number of fused-ring (bicyclic) bond motifs is 1. The monoisotopic (exact) mass is 476 g/mol. The molecular weight excluding hydrogens is 452 g/mol. The van der Waals surface area contributed by atoms with Gasteiger partial charge in [0.1, 0.15) is 11.4 Å². The summed E-state index contributed by atoms with van der Waals surface area (Å²) in [6, 6.07) is 7.49. The summed E-state index contributed by atoms with van der Waals surface area (Å²) in [4.78, 5) is 6.94. The number of benzene rings is 1. The predicted octanol–water partition coefficient (Wildman–Crippen LogP) is 2.77. The molecule has 3 aromatic rings. The van der Waals surface area contributed by atoms with Crippen LogP contribution < -0.4 is 9.64 Å². The highest BCUT2D eigenvalue weighted by Crippen LogP contribution is 2.34. The SMILES string of the molecule is COc1cc(CO)c(-c2cn3ccc(N4CCN(S(=O)(=O)C5CC5)CC4)cc3n2)cc1Cl. The van der Waals surface area contributed by atoms with Gasteiger partial charge in [-0.05, 0) is 36.6 Å². The quantitative estimate of drug-likeness (QED) is 0.588. The van der Waals surface area contributed by atoms with E-state index >= 15 is 0 Å². The van der Waals surface area contributed by atoms with Crippen LogP contribution in [0.2, 0.25) is 5.02 Å². The number of anilines is 1. The topological polar surface area (TPSA) is 87.4 Å². The Morgan fingerprint density at radius 3 is 2.59 bits per heavy atom. The minimum absolute atomic E-state index is 0.157. The second-order valence-corrected chi connectivity index (χ2v) is 10.8. The number of rotatable bonds is 6. The third kappa shape index (κ3) is 3.83. The minimum atomic E-state index is -3.12. The number of hydrogen-bond donors (Lipinski definition) is 1. The Hall–Kier alpha value is -2.33. The zero-order valence-corrected chi connectivity index (χ0v) is 19.3. The van der Waals surface area contributed by atoms with Crippen molar-refractivity contribution in [1.29, 1.82) is 0 Å². The molecule has 8 nitrogen and oxygen atoms in total. The van der Waals surface area contributed by atoms with Crippen molar-refractivity contribution in [3.8, 4) is 17.0 Å². The lowest BCUT2D eigenvalue weighted by molar-refractivity contribution is 0.281. The van der Waals surface area contributed by atoms with E-state index in [2.05, 4.69) is 4.90 Å². The second-order valence-electron chi connectivity index (χ2n) is 8.21. The molecule has 2 aliphatic rings. The van der Waals surface area contributed by atoms with E-state index in [1.54, 1.807) is 16.4 Å². The molecule has 2 aromatic heterocycles. The number of sulfonamides is 1. The molecule has 0 bridgehead atoms. The number of hydrogen-bond acceptors (Lipinski definition) is 6. The average Bonchev–Trinajstić information content (AvgIpc) is 3.59. The van der Waals surface area contributed by atoms with Crippen LogP contribution in [0.5, 0.6) is 5.75 Å². The van der Waals surface area contributed by atoms with Crippen molar-refractivity contribution in [2.45, 2.75) is 24.7 Å². The highest BCUT2D eigenvalue weighted by molar-refractivity contribution is 7.90. The van der Waals surface area contributed by atoms with Gasteiger partial charge in [-0.15, -0.1) is 0 Å². The van der Waals surface area contributed by atoms with Crippen LogP contribution in [0.4, 0.5) is 5.69 Å². The van der Waals surface area contributed by atoms with E-state index < -0.39 is 10.0 Å². The Kier molecular flexibility index (Phi) is 5.53. The molecule has 1 aliphatic carbocycles. The van der Waals surface area contributed by atoms with Crippen molar-refractivity contribution in [2.24, 2.45) is 0 Å². The van der Waals surface area contributed by atoms with Crippen molar-refractivity contribution in [1.82, 2.24) is 13.7 Å². The van der Waals surface area contributed by atoms with Crippen molar-refractivity contribution >= 4 is 33.0 Å². The summed E-state index contributed by atoms with van der Waals surface area (Å²) < 4.78 is 33.8. The molecular formula is C22H25ClN4O4S. The highest BCUT2D eigenvalue weighted by atomic mass is 35.5. The molecule has 1 saturated carbocycles. The summed E-state index contributed by atoms with van der Waals surface area (Å²) in [5.74, 6) is 0.508. The standard InChI is InChI=1S/C22H25ClN4O4S/c1-31-21-10-15(14-28)18(12-19(21)23)20-13-26-5-4-16(11-22(26)24-20)25-6-8-27(9-7-25)32(29,30)17-2-3-17/h4-5,10-13,17,28H,2-3,6-9,14H2,1H3. The number of aliphatic hydroxyl groups excluding tert-OH is 1. The van der Waals surface area contributed by atoms with Gasteiger partial charge in [-0.25, -0.2) is 13.4 Å². The molecule has 170 valence electrons. The first-order chi connectivity index (χ1) is 15.4. The first-order valence-corrected chi connectivity index (χ1v) is 12.5.